The van der Waals surface area contributed by atoms with E-state index >= 15 is 0 Å². The zero-order chi connectivity index (χ0) is 15.6. The number of nitrogens with zero attached hydrogens (tertiary/aromatic N) is 1. The van der Waals surface area contributed by atoms with Crippen molar-refractivity contribution in [3.8, 4) is 0 Å². The molecular formula is C19H32N2. The molecule has 1 heterocycles. The summed E-state index contributed by atoms with van der Waals surface area (Å²) in [6.07, 6.45) is 2.43. The van der Waals surface area contributed by atoms with Crippen LogP contribution in [-0.2, 0) is 0 Å². The molecule has 2 rings (SSSR count). The maximum absolute atomic E-state index is 3.70. The monoisotopic (exact) mass is 288 g/mol. The van der Waals surface area contributed by atoms with Gasteiger partial charge in [0.2, 0.25) is 0 Å². The van der Waals surface area contributed by atoms with E-state index in [2.05, 4.69) is 63.9 Å². The first-order chi connectivity index (χ1) is 9.97. The van der Waals surface area contributed by atoms with Crippen LogP contribution >= 0.6 is 0 Å². The molecule has 2 heteroatoms. The van der Waals surface area contributed by atoms with Crippen LogP contribution in [0.3, 0.4) is 0 Å². The van der Waals surface area contributed by atoms with Crippen LogP contribution in [0, 0.1) is 20.8 Å². The smallest absolute Gasteiger partial charge is 0.0329 e. The van der Waals surface area contributed by atoms with E-state index in [-0.39, 0.29) is 0 Å². The summed E-state index contributed by atoms with van der Waals surface area (Å²) in [6.45, 7) is 16.0. The average molecular weight is 288 g/mol. The van der Waals surface area contributed by atoms with E-state index in [1.165, 1.54) is 41.6 Å². The molecule has 1 aromatic rings. The Morgan fingerprint density at radius 3 is 2.29 bits per heavy atom. The SMILES string of the molecule is CCC1CN(C(C)c2c(C)cc(C)cc2C)C(CC)CN1. The summed E-state index contributed by atoms with van der Waals surface area (Å²) in [5, 5.41) is 3.70. The van der Waals surface area contributed by atoms with Crippen LogP contribution in [0.5, 0.6) is 0 Å². The summed E-state index contributed by atoms with van der Waals surface area (Å²) in [6, 6.07) is 6.47. The number of nitrogens with one attached hydrogen (secondary N) is 1. The van der Waals surface area contributed by atoms with Crippen molar-refractivity contribution in [1.82, 2.24) is 10.2 Å². The highest BCUT2D eigenvalue weighted by Crippen LogP contribution is 2.31. The highest BCUT2D eigenvalue weighted by molar-refractivity contribution is 5.39. The van der Waals surface area contributed by atoms with E-state index in [9.17, 15) is 0 Å². The molecule has 0 radical (unpaired) electrons. The van der Waals surface area contributed by atoms with E-state index in [4.69, 9.17) is 0 Å². The first-order valence-corrected chi connectivity index (χ1v) is 8.54. The normalized spacial score (nSPS) is 25.0. The largest absolute Gasteiger partial charge is 0.311 e. The Labute approximate surface area is 130 Å². The van der Waals surface area contributed by atoms with E-state index in [0.29, 0.717) is 18.1 Å². The van der Waals surface area contributed by atoms with Crippen molar-refractivity contribution in [2.45, 2.75) is 72.5 Å². The minimum Gasteiger partial charge on any atom is -0.311 e. The summed E-state index contributed by atoms with van der Waals surface area (Å²) in [5.41, 5.74) is 5.80. The predicted molar refractivity (Wildman–Crippen MR) is 91.9 cm³/mol. The first-order valence-electron chi connectivity index (χ1n) is 8.54. The Balaban J connectivity index is 2.30. The summed E-state index contributed by atoms with van der Waals surface area (Å²) in [5.74, 6) is 0. The standard InChI is InChI=1S/C19H32N2/c1-7-17-12-21(18(8-2)11-20-17)16(6)19-14(4)9-13(3)10-15(19)5/h9-10,16-18,20H,7-8,11-12H2,1-6H3. The summed E-state index contributed by atoms with van der Waals surface area (Å²) >= 11 is 0. The van der Waals surface area contributed by atoms with Gasteiger partial charge in [-0.2, -0.15) is 0 Å². The number of hydrogen-bond acceptors (Lipinski definition) is 2. The molecular weight excluding hydrogens is 256 g/mol. The average Bonchev–Trinajstić information content (AvgIpc) is 2.45. The fraction of sp³-hybridized carbons (Fsp3) is 0.684. The Hall–Kier alpha value is -0.860. The molecule has 0 aliphatic carbocycles. The molecule has 0 saturated carbocycles. The highest BCUT2D eigenvalue weighted by atomic mass is 15.3. The Morgan fingerprint density at radius 2 is 1.76 bits per heavy atom. The topological polar surface area (TPSA) is 15.3 Å². The second kappa shape index (κ2) is 6.93. The van der Waals surface area contributed by atoms with Gasteiger partial charge in [0, 0.05) is 31.2 Å². The van der Waals surface area contributed by atoms with Gasteiger partial charge >= 0.3 is 0 Å². The van der Waals surface area contributed by atoms with Crippen LogP contribution in [0.1, 0.15) is 61.9 Å². The fourth-order valence-electron chi connectivity index (χ4n) is 4.03. The molecule has 1 saturated heterocycles. The van der Waals surface area contributed by atoms with Crippen LogP contribution in [-0.4, -0.2) is 30.1 Å². The van der Waals surface area contributed by atoms with Gasteiger partial charge in [0.1, 0.15) is 0 Å². The van der Waals surface area contributed by atoms with Gasteiger partial charge in [-0.25, -0.2) is 0 Å². The molecule has 1 N–H and O–H groups in total. The number of hydrogen-bond donors (Lipinski definition) is 1. The molecule has 21 heavy (non-hydrogen) atoms. The van der Waals surface area contributed by atoms with Crippen LogP contribution in [0.15, 0.2) is 12.1 Å². The van der Waals surface area contributed by atoms with Crippen molar-refractivity contribution < 1.29 is 0 Å². The van der Waals surface area contributed by atoms with Gasteiger partial charge in [0.25, 0.3) is 0 Å². The maximum Gasteiger partial charge on any atom is 0.0329 e. The van der Waals surface area contributed by atoms with Crippen molar-refractivity contribution in [1.29, 1.82) is 0 Å². The Bertz CT molecular complexity index is 457. The molecule has 0 amide bonds. The van der Waals surface area contributed by atoms with E-state index in [0.717, 1.165) is 6.54 Å². The van der Waals surface area contributed by atoms with E-state index < -0.39 is 0 Å². The predicted octanol–water partition coefficient (Wildman–Crippen LogP) is 4.14. The Kier molecular flexibility index (Phi) is 5.45. The van der Waals surface area contributed by atoms with Gasteiger partial charge < -0.3 is 5.32 Å². The van der Waals surface area contributed by atoms with Gasteiger partial charge in [0.15, 0.2) is 0 Å². The quantitative estimate of drug-likeness (QED) is 0.896. The molecule has 2 nitrogen and oxygen atoms in total. The van der Waals surface area contributed by atoms with Crippen LogP contribution in [0.2, 0.25) is 0 Å². The van der Waals surface area contributed by atoms with Gasteiger partial charge in [-0.05, 0) is 57.2 Å². The van der Waals surface area contributed by atoms with Gasteiger partial charge in [-0.3, -0.25) is 4.90 Å². The van der Waals surface area contributed by atoms with E-state index in [1.54, 1.807) is 0 Å². The lowest BCUT2D eigenvalue weighted by molar-refractivity contribution is 0.0845. The minimum atomic E-state index is 0.506. The zero-order valence-electron chi connectivity index (χ0n) is 14.7. The number of piperazine rings is 1. The van der Waals surface area contributed by atoms with Crippen molar-refractivity contribution in [3.05, 3.63) is 34.4 Å². The second-order valence-electron chi connectivity index (χ2n) is 6.76. The molecule has 0 bridgehead atoms. The van der Waals surface area contributed by atoms with Gasteiger partial charge in [-0.15, -0.1) is 0 Å². The lowest BCUT2D eigenvalue weighted by Gasteiger charge is -2.44. The van der Waals surface area contributed by atoms with Crippen LogP contribution in [0.4, 0.5) is 0 Å². The van der Waals surface area contributed by atoms with Crippen molar-refractivity contribution >= 4 is 0 Å². The molecule has 118 valence electrons. The molecule has 1 aromatic carbocycles. The Morgan fingerprint density at radius 1 is 1.14 bits per heavy atom. The fourth-order valence-corrected chi connectivity index (χ4v) is 4.03. The maximum atomic E-state index is 3.70. The van der Waals surface area contributed by atoms with Crippen molar-refractivity contribution in [2.24, 2.45) is 0 Å². The molecule has 0 spiro atoms. The molecule has 1 fully saturated rings. The van der Waals surface area contributed by atoms with Crippen LogP contribution < -0.4 is 5.32 Å². The number of aryl methyl sites for hydroxylation is 3. The lowest BCUT2D eigenvalue weighted by atomic mass is 9.91. The summed E-state index contributed by atoms with van der Waals surface area (Å²) < 4.78 is 0. The third-order valence-corrected chi connectivity index (χ3v) is 5.16. The minimum absolute atomic E-state index is 0.506. The lowest BCUT2D eigenvalue weighted by Crippen LogP contribution is -2.56. The molecule has 1 aliphatic heterocycles. The third kappa shape index (κ3) is 3.49. The zero-order valence-corrected chi connectivity index (χ0v) is 14.7. The summed E-state index contributed by atoms with van der Waals surface area (Å²) in [7, 11) is 0. The molecule has 3 unspecified atom stereocenters. The molecule has 1 aliphatic rings. The highest BCUT2D eigenvalue weighted by Gasteiger charge is 2.31. The number of rotatable bonds is 4. The third-order valence-electron chi connectivity index (χ3n) is 5.16. The van der Waals surface area contributed by atoms with E-state index in [1.807, 2.05) is 0 Å². The van der Waals surface area contributed by atoms with Gasteiger partial charge in [-0.1, -0.05) is 31.5 Å². The van der Waals surface area contributed by atoms with Crippen molar-refractivity contribution in [3.63, 3.8) is 0 Å². The molecule has 0 aromatic heterocycles. The first kappa shape index (κ1) is 16.5. The van der Waals surface area contributed by atoms with Gasteiger partial charge in [0.05, 0.1) is 0 Å². The molecule has 3 atom stereocenters. The second-order valence-corrected chi connectivity index (χ2v) is 6.76. The summed E-state index contributed by atoms with van der Waals surface area (Å²) in [4.78, 5) is 2.73. The number of benzene rings is 1. The van der Waals surface area contributed by atoms with Crippen LogP contribution in [0.25, 0.3) is 0 Å². The van der Waals surface area contributed by atoms with Crippen molar-refractivity contribution in [2.75, 3.05) is 13.1 Å².